The first-order valence-electron chi connectivity index (χ1n) is 10.2. The molecule has 4 heterocycles. The summed E-state index contributed by atoms with van der Waals surface area (Å²) in [7, 11) is 0. The molecule has 1 saturated heterocycles. The van der Waals surface area contributed by atoms with Gasteiger partial charge in [0.2, 0.25) is 5.95 Å². The molecule has 1 aliphatic rings. The fourth-order valence-corrected chi connectivity index (χ4v) is 3.42. The van der Waals surface area contributed by atoms with Crippen LogP contribution in [0.3, 0.4) is 0 Å². The van der Waals surface area contributed by atoms with Gasteiger partial charge in [-0.05, 0) is 50.2 Å². The van der Waals surface area contributed by atoms with Crippen LogP contribution in [0, 0.1) is 19.7 Å². The maximum atomic E-state index is 14.5. The number of aryl methyl sites for hydroxylation is 2. The topological polar surface area (TPSA) is 76.9 Å². The Morgan fingerprint density at radius 3 is 2.38 bits per heavy atom. The number of hydrogen-bond acceptors (Lipinski definition) is 7. The van der Waals surface area contributed by atoms with Crippen LogP contribution in [0.4, 0.5) is 10.3 Å². The van der Waals surface area contributed by atoms with Crippen LogP contribution in [-0.4, -0.2) is 51.2 Å². The number of rotatable bonds is 2. The molecule has 1 aliphatic heterocycles. The van der Waals surface area contributed by atoms with E-state index in [4.69, 9.17) is 16.3 Å². The Kier molecular flexibility index (Phi) is 6.82. The van der Waals surface area contributed by atoms with E-state index in [-0.39, 0.29) is 0 Å². The number of morpholine rings is 1. The molecule has 0 aliphatic carbocycles. The predicted octanol–water partition coefficient (Wildman–Crippen LogP) is 4.41. The Balaban J connectivity index is 0.000000300. The second-order valence-corrected chi connectivity index (χ2v) is 7.65. The highest BCUT2D eigenvalue weighted by Crippen LogP contribution is 2.31. The van der Waals surface area contributed by atoms with Crippen molar-refractivity contribution >= 4 is 28.6 Å². The van der Waals surface area contributed by atoms with E-state index in [2.05, 4.69) is 24.9 Å². The number of anilines is 1. The number of hydrogen-bond donors (Lipinski definition) is 0. The summed E-state index contributed by atoms with van der Waals surface area (Å²) in [5.74, 6) is 0.946. The quantitative estimate of drug-likeness (QED) is 0.445. The van der Waals surface area contributed by atoms with E-state index in [0.717, 1.165) is 11.5 Å². The maximum Gasteiger partial charge on any atom is 0.228 e. The van der Waals surface area contributed by atoms with Gasteiger partial charge in [0, 0.05) is 47.1 Å². The zero-order chi connectivity index (χ0) is 22.5. The van der Waals surface area contributed by atoms with Crippen LogP contribution in [-0.2, 0) is 4.74 Å². The summed E-state index contributed by atoms with van der Waals surface area (Å²) in [5.41, 5.74) is 2.31. The van der Waals surface area contributed by atoms with Crippen molar-refractivity contribution in [2.45, 2.75) is 13.8 Å². The van der Waals surface area contributed by atoms with Crippen LogP contribution in [0.5, 0.6) is 0 Å². The number of pyridine rings is 1. The second kappa shape index (κ2) is 9.93. The van der Waals surface area contributed by atoms with Gasteiger partial charge in [-0.3, -0.25) is 0 Å². The Hall–Kier alpha value is -3.23. The number of aromatic nitrogens is 5. The molecule has 7 nitrogen and oxygen atoms in total. The van der Waals surface area contributed by atoms with Crippen molar-refractivity contribution in [2.75, 3.05) is 31.2 Å². The smallest absolute Gasteiger partial charge is 0.228 e. The van der Waals surface area contributed by atoms with Crippen molar-refractivity contribution in [3.8, 4) is 11.3 Å². The third-order valence-corrected chi connectivity index (χ3v) is 5.10. The van der Waals surface area contributed by atoms with Crippen molar-refractivity contribution < 1.29 is 9.13 Å². The fraction of sp³-hybridized carbons (Fsp3) is 0.261. The molecule has 5 rings (SSSR count). The van der Waals surface area contributed by atoms with E-state index in [1.54, 1.807) is 30.6 Å². The minimum atomic E-state index is -0.416. The van der Waals surface area contributed by atoms with Crippen molar-refractivity contribution in [3.05, 3.63) is 71.2 Å². The van der Waals surface area contributed by atoms with Crippen LogP contribution >= 0.6 is 11.6 Å². The average Bonchev–Trinajstić information content (AvgIpc) is 2.80. The Labute approximate surface area is 190 Å². The highest BCUT2D eigenvalue weighted by Gasteiger charge is 2.19. The number of nitrogens with zero attached hydrogens (tertiary/aromatic N) is 6. The van der Waals surface area contributed by atoms with Gasteiger partial charge in [-0.15, -0.1) is 0 Å². The third kappa shape index (κ3) is 5.15. The molecule has 9 heteroatoms. The molecule has 0 unspecified atom stereocenters. The molecule has 0 N–H and O–H groups in total. The summed E-state index contributed by atoms with van der Waals surface area (Å²) in [5, 5.41) is 1.06. The second-order valence-electron chi connectivity index (χ2n) is 7.22. The van der Waals surface area contributed by atoms with E-state index in [0.29, 0.717) is 59.6 Å². The van der Waals surface area contributed by atoms with Crippen molar-refractivity contribution in [3.63, 3.8) is 0 Å². The van der Waals surface area contributed by atoms with Crippen LogP contribution in [0.15, 0.2) is 48.8 Å². The highest BCUT2D eigenvalue weighted by molar-refractivity contribution is 6.30. The Bertz CT molecular complexity index is 1220. The lowest BCUT2D eigenvalue weighted by Gasteiger charge is -2.27. The zero-order valence-electron chi connectivity index (χ0n) is 17.8. The van der Waals surface area contributed by atoms with Gasteiger partial charge in [-0.25, -0.2) is 24.3 Å². The molecule has 1 fully saturated rings. The SMILES string of the molecule is Cc1ccc2c(-c3ccc(Cl)cc3F)nc(N3CCOCC3)nc2n1.Cc1ncccn1. The first-order chi connectivity index (χ1) is 15.5. The monoisotopic (exact) mass is 452 g/mol. The summed E-state index contributed by atoms with van der Waals surface area (Å²) in [6.45, 7) is 6.39. The largest absolute Gasteiger partial charge is 0.378 e. The van der Waals surface area contributed by atoms with E-state index in [9.17, 15) is 4.39 Å². The predicted molar refractivity (Wildman–Crippen MR) is 122 cm³/mol. The minimum absolute atomic E-state index is 0.349. The number of fused-ring (bicyclic) bond motifs is 1. The number of halogens is 2. The van der Waals surface area contributed by atoms with Crippen LogP contribution in [0.1, 0.15) is 11.5 Å². The molecule has 164 valence electrons. The molecule has 0 bridgehead atoms. The van der Waals surface area contributed by atoms with Crippen LogP contribution < -0.4 is 4.90 Å². The van der Waals surface area contributed by atoms with Gasteiger partial charge in [0.1, 0.15) is 11.6 Å². The summed E-state index contributed by atoms with van der Waals surface area (Å²) < 4.78 is 19.9. The normalized spacial score (nSPS) is 13.6. The number of benzene rings is 1. The minimum Gasteiger partial charge on any atom is -0.378 e. The lowest BCUT2D eigenvalue weighted by Crippen LogP contribution is -2.37. The van der Waals surface area contributed by atoms with Crippen molar-refractivity contribution in [1.29, 1.82) is 0 Å². The van der Waals surface area contributed by atoms with Gasteiger partial charge in [0.25, 0.3) is 0 Å². The van der Waals surface area contributed by atoms with E-state index < -0.39 is 5.82 Å². The summed E-state index contributed by atoms with van der Waals surface area (Å²) in [6.07, 6.45) is 3.45. The zero-order valence-corrected chi connectivity index (χ0v) is 18.6. The maximum absolute atomic E-state index is 14.5. The van der Waals surface area contributed by atoms with Gasteiger partial charge in [0.15, 0.2) is 5.65 Å². The molecule has 0 saturated carbocycles. The third-order valence-electron chi connectivity index (χ3n) is 4.86. The first-order valence-corrected chi connectivity index (χ1v) is 10.6. The highest BCUT2D eigenvalue weighted by atomic mass is 35.5. The lowest BCUT2D eigenvalue weighted by atomic mass is 10.1. The van der Waals surface area contributed by atoms with Gasteiger partial charge >= 0.3 is 0 Å². The molecule has 1 aromatic carbocycles. The van der Waals surface area contributed by atoms with Crippen molar-refractivity contribution in [2.24, 2.45) is 0 Å². The van der Waals surface area contributed by atoms with Crippen molar-refractivity contribution in [1.82, 2.24) is 24.9 Å². The summed E-state index contributed by atoms with van der Waals surface area (Å²) in [4.78, 5) is 23.5. The average molecular weight is 453 g/mol. The molecule has 32 heavy (non-hydrogen) atoms. The van der Waals surface area contributed by atoms with Gasteiger partial charge in [0.05, 0.1) is 18.9 Å². The molecule has 0 spiro atoms. The molecule has 0 radical (unpaired) electrons. The van der Waals surface area contributed by atoms with E-state index in [1.807, 2.05) is 30.9 Å². The Morgan fingerprint density at radius 2 is 1.72 bits per heavy atom. The molecular formula is C23H22ClFN6O. The molecule has 4 aromatic rings. The summed E-state index contributed by atoms with van der Waals surface area (Å²) >= 11 is 5.89. The number of ether oxygens (including phenoxy) is 1. The van der Waals surface area contributed by atoms with Gasteiger partial charge in [-0.1, -0.05) is 11.6 Å². The first kappa shape index (κ1) is 22.0. The molecular weight excluding hydrogens is 431 g/mol. The molecule has 0 atom stereocenters. The van der Waals surface area contributed by atoms with Crippen LogP contribution in [0.2, 0.25) is 5.02 Å². The lowest BCUT2D eigenvalue weighted by molar-refractivity contribution is 0.122. The van der Waals surface area contributed by atoms with Crippen LogP contribution in [0.25, 0.3) is 22.3 Å². The Morgan fingerprint density at radius 1 is 0.969 bits per heavy atom. The molecule has 0 amide bonds. The standard InChI is InChI=1S/C18H16ClFN4O.C5H6N2/c1-11-2-4-14-16(13-5-3-12(19)10-15(13)20)22-18(23-17(14)21-11)24-6-8-25-9-7-24;1-5-6-3-2-4-7-5/h2-5,10H,6-9H2,1H3;2-4H,1H3. The van der Waals surface area contributed by atoms with Gasteiger partial charge in [-0.2, -0.15) is 4.98 Å². The molecule has 3 aromatic heterocycles. The van der Waals surface area contributed by atoms with Gasteiger partial charge < -0.3 is 9.64 Å². The fourth-order valence-electron chi connectivity index (χ4n) is 3.26. The summed E-state index contributed by atoms with van der Waals surface area (Å²) in [6, 6.07) is 10.1. The van der Waals surface area contributed by atoms with E-state index >= 15 is 0 Å². The van der Waals surface area contributed by atoms with E-state index in [1.165, 1.54) is 6.07 Å².